The van der Waals surface area contributed by atoms with Crippen LogP contribution in [0, 0.1) is 23.7 Å². The maximum absolute atomic E-state index is 15.0. The van der Waals surface area contributed by atoms with Crippen LogP contribution in [0.4, 0.5) is 0 Å². The number of rotatable bonds is 6. The fourth-order valence-electron chi connectivity index (χ4n) is 8.62. The number of fused-ring (bicyclic) bond motifs is 4. The average Bonchev–Trinajstić information content (AvgIpc) is 3.31. The predicted molar refractivity (Wildman–Crippen MR) is 168 cm³/mol. The summed E-state index contributed by atoms with van der Waals surface area (Å²) in [6.07, 6.45) is 4.74. The number of amides is 2. The summed E-state index contributed by atoms with van der Waals surface area (Å²) >= 11 is 0. The lowest BCUT2D eigenvalue weighted by atomic mass is 9.44. The topological polar surface area (TPSA) is 101 Å². The number of phenols is 1. The summed E-state index contributed by atoms with van der Waals surface area (Å²) in [6.45, 7) is 2.29. The van der Waals surface area contributed by atoms with E-state index in [1.165, 1.54) is 24.2 Å². The number of Topliss-reactive ketones (excluding diaryl/α,β-unsaturated/α-hetero) is 1. The molecule has 7 rings (SSSR count). The number of imide groups is 1. The SMILES string of the molecule is CCCN1C(=O)[C@H]2[C@H](CC=C3[C@H]2C[C@H]2C(=O)C(c4ccccc4)=CC(=O)[C@@]2(c2ccccc2)[C@H]3c2ccc(OC)cc2O)C1=O. The number of nitrogens with zero attached hydrogens (tertiary/aromatic N) is 1. The number of aromatic hydroxyl groups is 1. The van der Waals surface area contributed by atoms with Crippen molar-refractivity contribution in [3.8, 4) is 11.5 Å². The Hall–Kier alpha value is -4.78. The number of ether oxygens (including phenoxy) is 1. The number of likely N-dealkylation sites (tertiary alicyclic amines) is 1. The van der Waals surface area contributed by atoms with Gasteiger partial charge in [0.1, 0.15) is 11.5 Å². The Morgan fingerprint density at radius 2 is 1.62 bits per heavy atom. The molecule has 7 nitrogen and oxygen atoms in total. The van der Waals surface area contributed by atoms with Crippen LogP contribution in [0.3, 0.4) is 0 Å². The number of ketones is 2. The molecular weight excluding hydrogens is 566 g/mol. The smallest absolute Gasteiger partial charge is 0.233 e. The van der Waals surface area contributed by atoms with Gasteiger partial charge in [-0.3, -0.25) is 24.1 Å². The van der Waals surface area contributed by atoms with Gasteiger partial charge in [0.25, 0.3) is 0 Å². The molecule has 1 heterocycles. The van der Waals surface area contributed by atoms with Crippen LogP contribution in [0.25, 0.3) is 5.57 Å². The van der Waals surface area contributed by atoms with E-state index in [-0.39, 0.29) is 35.6 Å². The molecule has 7 heteroatoms. The van der Waals surface area contributed by atoms with E-state index >= 15 is 0 Å². The van der Waals surface area contributed by atoms with Crippen LogP contribution in [-0.4, -0.2) is 47.0 Å². The van der Waals surface area contributed by atoms with E-state index in [0.717, 1.165) is 5.57 Å². The van der Waals surface area contributed by atoms with E-state index in [1.54, 1.807) is 12.1 Å². The van der Waals surface area contributed by atoms with Gasteiger partial charge < -0.3 is 9.84 Å². The molecule has 3 aromatic rings. The zero-order chi connectivity index (χ0) is 31.5. The molecule has 1 saturated carbocycles. The number of hydrogen-bond acceptors (Lipinski definition) is 6. The van der Waals surface area contributed by atoms with Gasteiger partial charge in [-0.1, -0.05) is 85.3 Å². The number of allylic oxidation sites excluding steroid dienone is 4. The Labute approximate surface area is 262 Å². The third kappa shape index (κ3) is 4.16. The van der Waals surface area contributed by atoms with Crippen LogP contribution in [0.15, 0.2) is 96.6 Å². The van der Waals surface area contributed by atoms with Gasteiger partial charge in [0.2, 0.25) is 11.8 Å². The fourth-order valence-corrected chi connectivity index (χ4v) is 8.62. The molecular formula is C38H35NO6. The number of benzene rings is 3. The van der Waals surface area contributed by atoms with Gasteiger partial charge in [0.05, 0.1) is 24.4 Å². The molecule has 45 heavy (non-hydrogen) atoms. The van der Waals surface area contributed by atoms with E-state index in [2.05, 4.69) is 0 Å². The van der Waals surface area contributed by atoms with Crippen molar-refractivity contribution in [2.24, 2.45) is 23.7 Å². The molecule has 4 aliphatic rings. The van der Waals surface area contributed by atoms with Crippen molar-refractivity contribution in [1.82, 2.24) is 4.90 Å². The maximum Gasteiger partial charge on any atom is 0.233 e. The summed E-state index contributed by atoms with van der Waals surface area (Å²) in [4.78, 5) is 58.7. The van der Waals surface area contributed by atoms with Crippen LogP contribution in [0.5, 0.6) is 11.5 Å². The van der Waals surface area contributed by atoms with Gasteiger partial charge in [-0.25, -0.2) is 0 Å². The third-order valence-electron chi connectivity index (χ3n) is 10.5. The standard InChI is InChI=1S/C38H35NO6/c1-3-18-39-36(43)27-17-16-25-29(33(27)37(39)44)20-30-35(42)28(22-10-6-4-7-11-22)21-32(41)38(30,23-12-8-5-9-13-23)34(25)26-15-14-24(45-2)19-31(26)40/h4-16,19,21,27,29-30,33-34,40H,3,17-18,20H2,1-2H3/t27-,29+,30-,33-,34+,38-/m0/s1. The Kier molecular flexibility index (Phi) is 7.07. The lowest BCUT2D eigenvalue weighted by Gasteiger charge is -2.55. The average molecular weight is 602 g/mol. The lowest BCUT2D eigenvalue weighted by molar-refractivity contribution is -0.140. The van der Waals surface area contributed by atoms with Gasteiger partial charge in [0.15, 0.2) is 11.6 Å². The summed E-state index contributed by atoms with van der Waals surface area (Å²) in [7, 11) is 1.51. The summed E-state index contributed by atoms with van der Waals surface area (Å²) in [5, 5.41) is 11.5. The molecule has 2 amide bonds. The Morgan fingerprint density at radius 3 is 2.29 bits per heavy atom. The Morgan fingerprint density at radius 1 is 0.911 bits per heavy atom. The molecule has 0 spiro atoms. The largest absolute Gasteiger partial charge is 0.508 e. The second kappa shape index (κ2) is 11.0. The molecule has 2 fully saturated rings. The number of carbonyl (C=O) groups excluding carboxylic acids is 4. The minimum atomic E-state index is -1.38. The Bertz CT molecular complexity index is 1780. The zero-order valence-electron chi connectivity index (χ0n) is 25.3. The monoisotopic (exact) mass is 601 g/mol. The van der Waals surface area contributed by atoms with Gasteiger partial charge in [-0.15, -0.1) is 0 Å². The van der Waals surface area contributed by atoms with E-state index in [9.17, 15) is 24.3 Å². The summed E-state index contributed by atoms with van der Waals surface area (Å²) in [5.41, 5.74) is 1.61. The molecule has 1 aliphatic heterocycles. The molecule has 3 aliphatic carbocycles. The molecule has 1 N–H and O–H groups in total. The van der Waals surface area contributed by atoms with Crippen LogP contribution < -0.4 is 4.74 Å². The highest BCUT2D eigenvalue weighted by atomic mass is 16.5. The summed E-state index contributed by atoms with van der Waals surface area (Å²) in [6, 6.07) is 23.6. The first-order valence-corrected chi connectivity index (χ1v) is 15.7. The number of carbonyl (C=O) groups is 4. The minimum Gasteiger partial charge on any atom is -0.508 e. The lowest BCUT2D eigenvalue weighted by Crippen LogP contribution is -2.58. The van der Waals surface area contributed by atoms with Crippen LogP contribution >= 0.6 is 0 Å². The van der Waals surface area contributed by atoms with Crippen LogP contribution in [-0.2, 0) is 24.6 Å². The molecule has 0 aromatic heterocycles. The first kappa shape index (κ1) is 29.0. The van der Waals surface area contributed by atoms with Crippen LogP contribution in [0.2, 0.25) is 0 Å². The minimum absolute atomic E-state index is 0.0587. The van der Waals surface area contributed by atoms with Crippen molar-refractivity contribution < 1.29 is 29.0 Å². The molecule has 0 bridgehead atoms. The van der Waals surface area contributed by atoms with Gasteiger partial charge in [-0.2, -0.15) is 0 Å². The van der Waals surface area contributed by atoms with Crippen molar-refractivity contribution in [3.63, 3.8) is 0 Å². The first-order valence-electron chi connectivity index (χ1n) is 15.7. The molecule has 6 atom stereocenters. The number of methoxy groups -OCH3 is 1. The molecule has 3 aromatic carbocycles. The quantitative estimate of drug-likeness (QED) is 0.290. The van der Waals surface area contributed by atoms with Crippen LogP contribution in [0.1, 0.15) is 48.8 Å². The number of hydrogen-bond donors (Lipinski definition) is 1. The van der Waals surface area contributed by atoms with Gasteiger partial charge in [0, 0.05) is 35.6 Å². The summed E-state index contributed by atoms with van der Waals surface area (Å²) in [5.74, 6) is -3.57. The van der Waals surface area contributed by atoms with Gasteiger partial charge in [-0.05, 0) is 48.4 Å². The Balaban J connectivity index is 1.51. The molecule has 228 valence electrons. The maximum atomic E-state index is 15.0. The highest BCUT2D eigenvalue weighted by molar-refractivity contribution is 6.31. The highest BCUT2D eigenvalue weighted by Gasteiger charge is 2.66. The third-order valence-corrected chi connectivity index (χ3v) is 10.5. The van der Waals surface area contributed by atoms with Crippen molar-refractivity contribution in [3.05, 3.63) is 113 Å². The molecule has 0 radical (unpaired) electrons. The zero-order valence-corrected chi connectivity index (χ0v) is 25.3. The van der Waals surface area contributed by atoms with E-state index in [0.29, 0.717) is 47.4 Å². The van der Waals surface area contributed by atoms with Crippen molar-refractivity contribution >= 4 is 29.0 Å². The van der Waals surface area contributed by atoms with E-state index in [4.69, 9.17) is 4.74 Å². The first-order chi connectivity index (χ1) is 21.8. The van der Waals surface area contributed by atoms with E-state index in [1.807, 2.05) is 73.7 Å². The normalized spacial score (nSPS) is 29.0. The second-order valence-corrected chi connectivity index (χ2v) is 12.5. The molecule has 1 saturated heterocycles. The van der Waals surface area contributed by atoms with Gasteiger partial charge >= 0.3 is 0 Å². The van der Waals surface area contributed by atoms with Crippen molar-refractivity contribution in [2.45, 2.75) is 37.5 Å². The van der Waals surface area contributed by atoms with Crippen molar-refractivity contribution in [2.75, 3.05) is 13.7 Å². The molecule has 0 unspecified atom stereocenters. The summed E-state index contributed by atoms with van der Waals surface area (Å²) < 4.78 is 5.39. The van der Waals surface area contributed by atoms with E-state index < -0.39 is 35.0 Å². The second-order valence-electron chi connectivity index (χ2n) is 12.5. The predicted octanol–water partition coefficient (Wildman–Crippen LogP) is 5.64. The van der Waals surface area contributed by atoms with Crippen molar-refractivity contribution in [1.29, 1.82) is 0 Å². The number of phenolic OH excluding ortho intramolecular Hbond substituents is 1. The fraction of sp³-hybridized carbons (Fsp3) is 0.316. The highest BCUT2D eigenvalue weighted by Crippen LogP contribution is 2.64.